The molecule has 0 saturated carbocycles. The highest BCUT2D eigenvalue weighted by Gasteiger charge is 2.16. The van der Waals surface area contributed by atoms with Gasteiger partial charge >= 0.3 is 0 Å². The van der Waals surface area contributed by atoms with Crippen molar-refractivity contribution in [2.75, 3.05) is 20.3 Å². The summed E-state index contributed by atoms with van der Waals surface area (Å²) in [6, 6.07) is 4.08. The Morgan fingerprint density at radius 2 is 2.45 bits per heavy atom. The van der Waals surface area contributed by atoms with Crippen molar-refractivity contribution in [2.24, 2.45) is 0 Å². The third-order valence-corrected chi connectivity index (χ3v) is 4.75. The summed E-state index contributed by atoms with van der Waals surface area (Å²) < 4.78 is 4.95. The summed E-state index contributed by atoms with van der Waals surface area (Å²) in [5, 5.41) is 12.4. The molecule has 6 nitrogen and oxygen atoms in total. The Morgan fingerprint density at radius 3 is 3.18 bits per heavy atom. The molecule has 0 spiro atoms. The molecule has 0 aliphatic heterocycles. The molecule has 0 saturated heterocycles. The third kappa shape index (κ3) is 5.43. The molecule has 0 radical (unpaired) electrons. The van der Waals surface area contributed by atoms with Gasteiger partial charge in [0.25, 0.3) is 0 Å². The van der Waals surface area contributed by atoms with Crippen molar-refractivity contribution < 1.29 is 9.53 Å². The fraction of sp³-hybridized carbons (Fsp3) is 0.500. The number of nitrogens with zero attached hydrogens (tertiary/aromatic N) is 2. The molecule has 1 amide bonds. The lowest BCUT2D eigenvalue weighted by molar-refractivity contribution is -0.120. The highest BCUT2D eigenvalue weighted by Crippen LogP contribution is 2.20. The van der Waals surface area contributed by atoms with Crippen molar-refractivity contribution in [3.63, 3.8) is 0 Å². The van der Waals surface area contributed by atoms with Crippen molar-refractivity contribution >= 4 is 29.0 Å². The van der Waals surface area contributed by atoms with Crippen LogP contribution in [-0.4, -0.2) is 46.6 Å². The molecule has 0 bridgehead atoms. The molecule has 0 aromatic carbocycles. The number of methoxy groups -OCH3 is 1. The second-order valence-corrected chi connectivity index (χ2v) is 7.06. The average Bonchev–Trinajstić information content (AvgIpc) is 3.16. The van der Waals surface area contributed by atoms with Crippen molar-refractivity contribution in [3.05, 3.63) is 28.2 Å². The number of thioether (sulfide) groups is 1. The van der Waals surface area contributed by atoms with Gasteiger partial charge in [0.2, 0.25) is 11.1 Å². The molecule has 22 heavy (non-hydrogen) atoms. The van der Waals surface area contributed by atoms with E-state index in [0.717, 1.165) is 18.7 Å². The number of thiophene rings is 1. The van der Waals surface area contributed by atoms with Crippen LogP contribution in [0.1, 0.15) is 24.0 Å². The predicted molar refractivity (Wildman–Crippen MR) is 88.3 cm³/mol. The van der Waals surface area contributed by atoms with Gasteiger partial charge in [-0.15, -0.1) is 16.4 Å². The SMILES string of the molecule is COCCCNC(=O)C(C)Sc1n[nH]c(Cc2cccs2)n1. The molecule has 2 heterocycles. The Kier molecular flexibility index (Phi) is 6.88. The predicted octanol–water partition coefficient (Wildman–Crippen LogP) is 2.09. The van der Waals surface area contributed by atoms with Gasteiger partial charge in [0.1, 0.15) is 5.82 Å². The number of aromatic amines is 1. The highest BCUT2D eigenvalue weighted by atomic mass is 32.2. The quantitative estimate of drug-likeness (QED) is 0.540. The van der Waals surface area contributed by atoms with Crippen LogP contribution in [0.2, 0.25) is 0 Å². The number of carbonyl (C=O) groups excluding carboxylic acids is 1. The first kappa shape index (κ1) is 17.0. The van der Waals surface area contributed by atoms with E-state index in [0.29, 0.717) is 18.3 Å². The van der Waals surface area contributed by atoms with E-state index in [1.54, 1.807) is 18.4 Å². The first-order chi connectivity index (χ1) is 10.7. The molecule has 1 unspecified atom stereocenters. The summed E-state index contributed by atoms with van der Waals surface area (Å²) in [6.45, 7) is 3.12. The maximum absolute atomic E-state index is 11.9. The van der Waals surface area contributed by atoms with Gasteiger partial charge in [0, 0.05) is 31.6 Å². The number of hydrogen-bond acceptors (Lipinski definition) is 6. The molecule has 2 aromatic heterocycles. The molecule has 120 valence electrons. The number of H-pyrrole nitrogens is 1. The highest BCUT2D eigenvalue weighted by molar-refractivity contribution is 8.00. The monoisotopic (exact) mass is 340 g/mol. The maximum Gasteiger partial charge on any atom is 0.233 e. The van der Waals surface area contributed by atoms with Crippen LogP contribution in [0, 0.1) is 0 Å². The lowest BCUT2D eigenvalue weighted by atomic mass is 10.3. The summed E-state index contributed by atoms with van der Waals surface area (Å²) >= 11 is 3.05. The van der Waals surface area contributed by atoms with Crippen LogP contribution in [0.25, 0.3) is 0 Å². The van der Waals surface area contributed by atoms with E-state index >= 15 is 0 Å². The van der Waals surface area contributed by atoms with Crippen LogP contribution in [0.4, 0.5) is 0 Å². The fourth-order valence-electron chi connectivity index (χ4n) is 1.77. The van der Waals surface area contributed by atoms with Crippen LogP contribution >= 0.6 is 23.1 Å². The van der Waals surface area contributed by atoms with Crippen molar-refractivity contribution in [1.29, 1.82) is 0 Å². The molecule has 0 fully saturated rings. The zero-order chi connectivity index (χ0) is 15.8. The Morgan fingerprint density at radius 1 is 1.59 bits per heavy atom. The van der Waals surface area contributed by atoms with Gasteiger partial charge in [0.05, 0.1) is 5.25 Å². The van der Waals surface area contributed by atoms with Crippen LogP contribution in [-0.2, 0) is 16.0 Å². The van der Waals surface area contributed by atoms with Gasteiger partial charge in [-0.25, -0.2) is 4.98 Å². The summed E-state index contributed by atoms with van der Waals surface area (Å²) in [6.07, 6.45) is 1.55. The summed E-state index contributed by atoms with van der Waals surface area (Å²) in [7, 11) is 1.65. The minimum Gasteiger partial charge on any atom is -0.385 e. The first-order valence-corrected chi connectivity index (χ1v) is 8.82. The number of amides is 1. The molecule has 2 rings (SSSR count). The second kappa shape index (κ2) is 8.92. The van der Waals surface area contributed by atoms with E-state index in [1.807, 2.05) is 18.4 Å². The average molecular weight is 340 g/mol. The van der Waals surface area contributed by atoms with Gasteiger partial charge in [-0.2, -0.15) is 0 Å². The van der Waals surface area contributed by atoms with Crippen molar-refractivity contribution in [3.8, 4) is 0 Å². The standard InChI is InChI=1S/C14H20N4O2S2/c1-10(13(19)15-6-4-7-20-2)22-14-16-12(17-18-14)9-11-5-3-8-21-11/h3,5,8,10H,4,6-7,9H2,1-2H3,(H,15,19)(H,16,17,18). The smallest absolute Gasteiger partial charge is 0.233 e. The molecular formula is C14H20N4O2S2. The van der Waals surface area contributed by atoms with Crippen molar-refractivity contribution in [1.82, 2.24) is 20.5 Å². The Balaban J connectivity index is 1.77. The van der Waals surface area contributed by atoms with E-state index in [-0.39, 0.29) is 11.2 Å². The molecule has 8 heteroatoms. The molecule has 0 aliphatic rings. The summed E-state index contributed by atoms with van der Waals surface area (Å²) in [5.41, 5.74) is 0. The van der Waals surface area contributed by atoms with Crippen LogP contribution in [0.3, 0.4) is 0 Å². The Bertz CT molecular complexity index is 571. The van der Waals surface area contributed by atoms with Gasteiger partial charge in [0.15, 0.2) is 0 Å². The first-order valence-electron chi connectivity index (χ1n) is 7.06. The summed E-state index contributed by atoms with van der Waals surface area (Å²) in [5.74, 6) is 0.809. The van der Waals surface area contributed by atoms with Gasteiger partial charge in [-0.3, -0.25) is 9.89 Å². The second-order valence-electron chi connectivity index (χ2n) is 4.72. The fourth-order valence-corrected chi connectivity index (χ4v) is 3.25. The topological polar surface area (TPSA) is 79.9 Å². The minimum absolute atomic E-state index is 0.00860. The summed E-state index contributed by atoms with van der Waals surface area (Å²) in [4.78, 5) is 17.6. The Labute approximate surface area is 138 Å². The van der Waals surface area contributed by atoms with E-state index in [4.69, 9.17) is 4.74 Å². The minimum atomic E-state index is -0.229. The van der Waals surface area contributed by atoms with Crippen molar-refractivity contribution in [2.45, 2.75) is 30.2 Å². The van der Waals surface area contributed by atoms with Crippen LogP contribution < -0.4 is 5.32 Å². The number of ether oxygens (including phenoxy) is 1. The van der Waals surface area contributed by atoms with Crippen LogP contribution in [0.5, 0.6) is 0 Å². The lowest BCUT2D eigenvalue weighted by Crippen LogP contribution is -2.32. The van der Waals surface area contributed by atoms with Gasteiger partial charge in [-0.05, 0) is 24.8 Å². The number of carbonyl (C=O) groups is 1. The molecular weight excluding hydrogens is 320 g/mol. The molecule has 1 atom stereocenters. The lowest BCUT2D eigenvalue weighted by Gasteiger charge is -2.09. The number of hydrogen-bond donors (Lipinski definition) is 2. The van der Waals surface area contributed by atoms with E-state index < -0.39 is 0 Å². The number of rotatable bonds is 9. The zero-order valence-electron chi connectivity index (χ0n) is 12.7. The third-order valence-electron chi connectivity index (χ3n) is 2.91. The van der Waals surface area contributed by atoms with E-state index in [2.05, 4.69) is 26.6 Å². The largest absolute Gasteiger partial charge is 0.385 e. The normalized spacial score (nSPS) is 12.3. The molecule has 2 aromatic rings. The number of nitrogens with one attached hydrogen (secondary N) is 2. The van der Waals surface area contributed by atoms with Gasteiger partial charge in [-0.1, -0.05) is 17.8 Å². The van der Waals surface area contributed by atoms with E-state index in [1.165, 1.54) is 16.6 Å². The molecule has 2 N–H and O–H groups in total. The van der Waals surface area contributed by atoms with E-state index in [9.17, 15) is 4.79 Å². The number of aromatic nitrogens is 3. The Hall–Kier alpha value is -1.38. The molecule has 0 aliphatic carbocycles. The maximum atomic E-state index is 11.9. The van der Waals surface area contributed by atoms with Gasteiger partial charge < -0.3 is 10.1 Å². The zero-order valence-corrected chi connectivity index (χ0v) is 14.3. The van der Waals surface area contributed by atoms with Crippen LogP contribution in [0.15, 0.2) is 22.7 Å².